The number of aromatic nitrogens is 3. The average Bonchev–Trinajstić information content (AvgIpc) is 2.63. The zero-order valence-corrected chi connectivity index (χ0v) is 16.4. The van der Waals surface area contributed by atoms with E-state index in [9.17, 15) is 18.0 Å². The molecule has 0 fully saturated rings. The number of aliphatic carboxylic acids is 1. The van der Waals surface area contributed by atoms with Crippen LogP contribution in [0.15, 0.2) is 30.9 Å². The van der Waals surface area contributed by atoms with E-state index in [1.807, 2.05) is 24.9 Å². The van der Waals surface area contributed by atoms with E-state index in [0.717, 1.165) is 17.9 Å². The van der Waals surface area contributed by atoms with Crippen LogP contribution in [0.5, 0.6) is 0 Å². The Bertz CT molecular complexity index is 826. The molecule has 158 valence electrons. The van der Waals surface area contributed by atoms with E-state index in [1.165, 1.54) is 6.20 Å². The Kier molecular flexibility index (Phi) is 8.49. The van der Waals surface area contributed by atoms with Gasteiger partial charge in [-0.05, 0) is 24.5 Å². The molecule has 2 N–H and O–H groups in total. The van der Waals surface area contributed by atoms with Crippen molar-refractivity contribution in [3.63, 3.8) is 0 Å². The molecule has 0 aliphatic heterocycles. The third kappa shape index (κ3) is 8.11. The van der Waals surface area contributed by atoms with E-state index in [2.05, 4.69) is 34.1 Å². The highest BCUT2D eigenvalue weighted by atomic mass is 19.4. The standard InChI is InChI=1S/C16H21N5O.C2HF3O2/c1-11(2)10-21(4)15-9-18-14(8-19-15)16(22)20-13-7-17-6-5-12(13)3;3-2(4,5)1(6)7/h5-9,11H,10H2,1-4H3,(H,20,22);(H,6,7). The largest absolute Gasteiger partial charge is 0.490 e. The summed E-state index contributed by atoms with van der Waals surface area (Å²) in [6.45, 7) is 7.08. The molecule has 8 nitrogen and oxygen atoms in total. The highest BCUT2D eigenvalue weighted by molar-refractivity contribution is 6.03. The molecule has 29 heavy (non-hydrogen) atoms. The predicted molar refractivity (Wildman–Crippen MR) is 101 cm³/mol. The maximum atomic E-state index is 12.2. The maximum Gasteiger partial charge on any atom is 0.490 e. The highest BCUT2D eigenvalue weighted by Gasteiger charge is 2.38. The molecule has 0 aliphatic carbocycles. The van der Waals surface area contributed by atoms with Gasteiger partial charge in [-0.15, -0.1) is 0 Å². The fourth-order valence-electron chi connectivity index (χ4n) is 2.06. The topological polar surface area (TPSA) is 108 Å². The molecular formula is C18H22F3N5O3. The van der Waals surface area contributed by atoms with Crippen LogP contribution in [0.25, 0.3) is 0 Å². The molecule has 0 unspecified atom stereocenters. The summed E-state index contributed by atoms with van der Waals surface area (Å²) in [5.74, 6) is -1.76. The smallest absolute Gasteiger partial charge is 0.475 e. The van der Waals surface area contributed by atoms with Crippen LogP contribution in [0.4, 0.5) is 24.7 Å². The van der Waals surface area contributed by atoms with Crippen molar-refractivity contribution in [2.24, 2.45) is 5.92 Å². The van der Waals surface area contributed by atoms with Crippen molar-refractivity contribution >= 4 is 23.4 Å². The number of hydrogen-bond donors (Lipinski definition) is 2. The van der Waals surface area contributed by atoms with Gasteiger partial charge < -0.3 is 15.3 Å². The zero-order valence-electron chi connectivity index (χ0n) is 16.4. The molecule has 2 aromatic rings. The molecular weight excluding hydrogens is 391 g/mol. The third-order valence-electron chi connectivity index (χ3n) is 3.43. The van der Waals surface area contributed by atoms with Gasteiger partial charge in [-0.25, -0.2) is 14.8 Å². The van der Waals surface area contributed by atoms with Gasteiger partial charge in [-0.1, -0.05) is 13.8 Å². The molecule has 0 aliphatic rings. The Morgan fingerprint density at radius 2 is 1.83 bits per heavy atom. The lowest BCUT2D eigenvalue weighted by Gasteiger charge is -2.19. The van der Waals surface area contributed by atoms with Crippen LogP contribution in [0.2, 0.25) is 0 Å². The van der Waals surface area contributed by atoms with Gasteiger partial charge in [0.1, 0.15) is 11.5 Å². The molecule has 11 heteroatoms. The number of carboxylic acids is 1. The van der Waals surface area contributed by atoms with Crippen molar-refractivity contribution in [1.82, 2.24) is 15.0 Å². The summed E-state index contributed by atoms with van der Waals surface area (Å²) in [6, 6.07) is 1.84. The van der Waals surface area contributed by atoms with Crippen LogP contribution in [0, 0.1) is 12.8 Å². The first-order valence-electron chi connectivity index (χ1n) is 8.47. The van der Waals surface area contributed by atoms with E-state index in [4.69, 9.17) is 9.90 Å². The Labute approximate surface area is 165 Å². The molecule has 1 amide bonds. The van der Waals surface area contributed by atoms with Crippen LogP contribution >= 0.6 is 0 Å². The van der Waals surface area contributed by atoms with Gasteiger partial charge >= 0.3 is 12.1 Å². The zero-order chi connectivity index (χ0) is 22.2. The van der Waals surface area contributed by atoms with Crippen molar-refractivity contribution in [2.45, 2.75) is 26.9 Å². The second-order valence-corrected chi connectivity index (χ2v) is 6.48. The summed E-state index contributed by atoms with van der Waals surface area (Å²) < 4.78 is 31.7. The molecule has 0 spiro atoms. The molecule has 2 rings (SSSR count). The fourth-order valence-corrected chi connectivity index (χ4v) is 2.06. The number of anilines is 2. The van der Waals surface area contributed by atoms with E-state index in [-0.39, 0.29) is 11.6 Å². The number of rotatable bonds is 5. The molecule has 0 atom stereocenters. The van der Waals surface area contributed by atoms with Crippen LogP contribution < -0.4 is 10.2 Å². The van der Waals surface area contributed by atoms with Crippen molar-refractivity contribution in [2.75, 3.05) is 23.8 Å². The van der Waals surface area contributed by atoms with E-state index < -0.39 is 12.1 Å². The minimum atomic E-state index is -5.08. The Morgan fingerprint density at radius 3 is 2.28 bits per heavy atom. The summed E-state index contributed by atoms with van der Waals surface area (Å²) in [5.41, 5.74) is 1.91. The van der Waals surface area contributed by atoms with Gasteiger partial charge in [0.25, 0.3) is 5.91 Å². The van der Waals surface area contributed by atoms with Crippen LogP contribution in [-0.4, -0.2) is 51.7 Å². The molecule has 2 heterocycles. The van der Waals surface area contributed by atoms with Crippen LogP contribution in [-0.2, 0) is 4.79 Å². The summed E-state index contributed by atoms with van der Waals surface area (Å²) in [7, 11) is 1.96. The van der Waals surface area contributed by atoms with Gasteiger partial charge in [0.2, 0.25) is 0 Å². The number of alkyl halides is 3. The SMILES string of the molecule is Cc1ccncc1NC(=O)c1cnc(N(C)CC(C)C)cn1.O=C(O)C(F)(F)F. The van der Waals surface area contributed by atoms with Crippen LogP contribution in [0.1, 0.15) is 29.9 Å². The average molecular weight is 413 g/mol. The quantitative estimate of drug-likeness (QED) is 0.775. The number of carbonyl (C=O) groups excluding carboxylic acids is 1. The van der Waals surface area contributed by atoms with Gasteiger partial charge in [-0.3, -0.25) is 9.78 Å². The lowest BCUT2D eigenvalue weighted by Crippen LogP contribution is -2.24. The number of halogens is 3. The number of nitrogens with zero attached hydrogens (tertiary/aromatic N) is 4. The second kappa shape index (κ2) is 10.3. The van der Waals surface area contributed by atoms with Crippen molar-refractivity contribution in [3.05, 3.63) is 42.1 Å². The number of carbonyl (C=O) groups is 2. The van der Waals surface area contributed by atoms with Gasteiger partial charge in [0.15, 0.2) is 0 Å². The van der Waals surface area contributed by atoms with Gasteiger partial charge in [0.05, 0.1) is 24.3 Å². The van der Waals surface area contributed by atoms with Crippen molar-refractivity contribution in [3.8, 4) is 0 Å². The molecule has 2 aromatic heterocycles. The molecule has 0 aromatic carbocycles. The number of pyridine rings is 1. The number of nitrogens with one attached hydrogen (secondary N) is 1. The van der Waals surface area contributed by atoms with Gasteiger partial charge in [0, 0.05) is 19.8 Å². The molecule has 0 saturated carbocycles. The summed E-state index contributed by atoms with van der Waals surface area (Å²) in [6.07, 6.45) is 1.33. The number of hydrogen-bond acceptors (Lipinski definition) is 6. The highest BCUT2D eigenvalue weighted by Crippen LogP contribution is 2.14. The predicted octanol–water partition coefficient (Wildman–Crippen LogP) is 3.16. The number of carboxylic acid groups (broad SMARTS) is 1. The Hall–Kier alpha value is -3.24. The Morgan fingerprint density at radius 1 is 1.21 bits per heavy atom. The van der Waals surface area contributed by atoms with Crippen LogP contribution in [0.3, 0.4) is 0 Å². The Balaban J connectivity index is 0.000000516. The fraction of sp³-hybridized carbons (Fsp3) is 0.389. The maximum absolute atomic E-state index is 12.2. The van der Waals surface area contributed by atoms with E-state index in [0.29, 0.717) is 11.6 Å². The first-order chi connectivity index (χ1) is 13.4. The molecule has 0 saturated heterocycles. The van der Waals surface area contributed by atoms with Crippen molar-refractivity contribution < 1.29 is 27.9 Å². The lowest BCUT2D eigenvalue weighted by atomic mass is 10.2. The van der Waals surface area contributed by atoms with Gasteiger partial charge in [-0.2, -0.15) is 13.2 Å². The summed E-state index contributed by atoms with van der Waals surface area (Å²) in [5, 5.41) is 9.91. The minimum absolute atomic E-state index is 0.282. The molecule has 0 bridgehead atoms. The minimum Gasteiger partial charge on any atom is -0.475 e. The monoisotopic (exact) mass is 413 g/mol. The third-order valence-corrected chi connectivity index (χ3v) is 3.43. The van der Waals surface area contributed by atoms with E-state index >= 15 is 0 Å². The second-order valence-electron chi connectivity index (χ2n) is 6.48. The summed E-state index contributed by atoms with van der Waals surface area (Å²) in [4.78, 5) is 35.6. The lowest BCUT2D eigenvalue weighted by molar-refractivity contribution is -0.192. The normalized spacial score (nSPS) is 10.8. The first-order valence-corrected chi connectivity index (χ1v) is 8.47. The molecule has 0 radical (unpaired) electrons. The van der Waals surface area contributed by atoms with E-state index in [1.54, 1.807) is 18.6 Å². The number of amides is 1. The first kappa shape index (κ1) is 23.8. The summed E-state index contributed by atoms with van der Waals surface area (Å²) >= 11 is 0. The number of aryl methyl sites for hydroxylation is 1. The van der Waals surface area contributed by atoms with Crippen molar-refractivity contribution in [1.29, 1.82) is 0 Å².